The molecule has 1 unspecified atom stereocenters. The second-order valence-electron chi connectivity index (χ2n) is 4.38. The smallest absolute Gasteiger partial charge is 0.272 e. The maximum atomic E-state index is 11.5. The van der Waals surface area contributed by atoms with Gasteiger partial charge in [-0.25, -0.2) is 0 Å². The summed E-state index contributed by atoms with van der Waals surface area (Å²) in [5, 5.41) is 13.9. The fourth-order valence-electron chi connectivity index (χ4n) is 2.14. The largest absolute Gasteiger partial charge is 0.340 e. The molecule has 1 atom stereocenters. The Hall–Kier alpha value is -1.95. The van der Waals surface area contributed by atoms with Gasteiger partial charge in [-0.15, -0.1) is 0 Å². The summed E-state index contributed by atoms with van der Waals surface area (Å²) in [7, 11) is 1.74. The summed E-state index contributed by atoms with van der Waals surface area (Å²) < 4.78 is 0. The van der Waals surface area contributed by atoms with Crippen molar-refractivity contribution in [3.8, 4) is 0 Å². The van der Waals surface area contributed by atoms with Gasteiger partial charge < -0.3 is 10.2 Å². The molecule has 0 spiro atoms. The van der Waals surface area contributed by atoms with Crippen molar-refractivity contribution >= 4 is 11.6 Å². The fraction of sp³-hybridized carbons (Fsp3) is 0.417. The quantitative estimate of drug-likeness (QED) is 0.627. The van der Waals surface area contributed by atoms with Gasteiger partial charge >= 0.3 is 0 Å². The van der Waals surface area contributed by atoms with Gasteiger partial charge in [-0.1, -0.05) is 18.2 Å². The number of rotatable bonds is 3. The van der Waals surface area contributed by atoms with Gasteiger partial charge in [0.2, 0.25) is 5.91 Å². The van der Waals surface area contributed by atoms with Crippen molar-refractivity contribution in [2.24, 2.45) is 0 Å². The Morgan fingerprint density at radius 1 is 1.50 bits per heavy atom. The van der Waals surface area contributed by atoms with E-state index in [1.54, 1.807) is 30.1 Å². The van der Waals surface area contributed by atoms with Crippen molar-refractivity contribution in [3.05, 3.63) is 39.9 Å². The van der Waals surface area contributed by atoms with Crippen molar-refractivity contribution in [1.29, 1.82) is 0 Å². The average Bonchev–Trinajstić information content (AvgIpc) is 2.35. The third-order valence-electron chi connectivity index (χ3n) is 3.24. The van der Waals surface area contributed by atoms with Crippen LogP contribution in [-0.2, 0) is 11.2 Å². The van der Waals surface area contributed by atoms with Crippen LogP contribution in [0, 0.1) is 10.1 Å². The maximum absolute atomic E-state index is 11.5. The van der Waals surface area contributed by atoms with E-state index in [9.17, 15) is 14.9 Å². The third-order valence-corrected chi connectivity index (χ3v) is 3.24. The molecule has 1 N–H and O–H groups in total. The SMILES string of the molecule is CN1C(=O)CNCC1Cc1ccccc1[N+](=O)[O-]. The topological polar surface area (TPSA) is 75.5 Å². The second kappa shape index (κ2) is 5.14. The molecule has 1 fully saturated rings. The summed E-state index contributed by atoms with van der Waals surface area (Å²) in [5.74, 6) is 0.0184. The molecule has 6 heteroatoms. The first-order chi connectivity index (χ1) is 8.59. The Labute approximate surface area is 105 Å². The molecular weight excluding hydrogens is 234 g/mol. The van der Waals surface area contributed by atoms with Gasteiger partial charge in [0.05, 0.1) is 11.5 Å². The van der Waals surface area contributed by atoms with E-state index in [1.165, 1.54) is 6.07 Å². The Morgan fingerprint density at radius 2 is 2.22 bits per heavy atom. The van der Waals surface area contributed by atoms with Gasteiger partial charge in [-0.2, -0.15) is 0 Å². The summed E-state index contributed by atoms with van der Waals surface area (Å²) in [5.41, 5.74) is 0.778. The number of benzene rings is 1. The summed E-state index contributed by atoms with van der Waals surface area (Å²) in [6.07, 6.45) is 0.492. The Bertz CT molecular complexity index is 475. The van der Waals surface area contributed by atoms with Crippen molar-refractivity contribution in [2.75, 3.05) is 20.1 Å². The first-order valence-corrected chi connectivity index (χ1v) is 5.78. The summed E-state index contributed by atoms with van der Waals surface area (Å²) in [6, 6.07) is 6.63. The molecular formula is C12H15N3O3. The number of nitrogens with zero attached hydrogens (tertiary/aromatic N) is 2. The van der Waals surface area contributed by atoms with Crippen LogP contribution in [0.25, 0.3) is 0 Å². The minimum atomic E-state index is -0.382. The van der Waals surface area contributed by atoms with Crippen LogP contribution in [-0.4, -0.2) is 41.9 Å². The summed E-state index contributed by atoms with van der Waals surface area (Å²) >= 11 is 0. The maximum Gasteiger partial charge on any atom is 0.272 e. The number of nitro groups is 1. The number of nitro benzene ring substituents is 1. The molecule has 1 heterocycles. The molecule has 0 saturated carbocycles. The molecule has 18 heavy (non-hydrogen) atoms. The second-order valence-corrected chi connectivity index (χ2v) is 4.38. The van der Waals surface area contributed by atoms with E-state index in [2.05, 4.69) is 5.32 Å². The van der Waals surface area contributed by atoms with E-state index in [0.29, 0.717) is 25.1 Å². The monoisotopic (exact) mass is 249 g/mol. The molecule has 0 aromatic heterocycles. The predicted octanol–water partition coefficient (Wildman–Crippen LogP) is 0.567. The highest BCUT2D eigenvalue weighted by Crippen LogP contribution is 2.21. The Balaban J connectivity index is 2.18. The number of carbonyl (C=O) groups is 1. The highest BCUT2D eigenvalue weighted by Gasteiger charge is 2.26. The molecule has 1 amide bonds. The van der Waals surface area contributed by atoms with Crippen LogP contribution < -0.4 is 5.32 Å². The lowest BCUT2D eigenvalue weighted by Crippen LogP contribution is -2.53. The van der Waals surface area contributed by atoms with Crippen molar-refractivity contribution in [1.82, 2.24) is 10.2 Å². The first kappa shape index (κ1) is 12.5. The fourth-order valence-corrected chi connectivity index (χ4v) is 2.14. The zero-order chi connectivity index (χ0) is 13.1. The third kappa shape index (κ3) is 2.48. The molecule has 0 radical (unpaired) electrons. The molecule has 1 saturated heterocycles. The van der Waals surface area contributed by atoms with Crippen LogP contribution in [0.5, 0.6) is 0 Å². The number of carbonyl (C=O) groups excluding carboxylic acids is 1. The molecule has 1 aromatic rings. The molecule has 6 nitrogen and oxygen atoms in total. The van der Waals surface area contributed by atoms with E-state index in [0.717, 1.165) is 0 Å². The molecule has 1 aromatic carbocycles. The van der Waals surface area contributed by atoms with E-state index >= 15 is 0 Å². The molecule has 0 aliphatic carbocycles. The normalized spacial score (nSPS) is 19.9. The van der Waals surface area contributed by atoms with Crippen molar-refractivity contribution < 1.29 is 9.72 Å². The predicted molar refractivity (Wildman–Crippen MR) is 66.2 cm³/mol. The lowest BCUT2D eigenvalue weighted by atomic mass is 10.0. The van der Waals surface area contributed by atoms with E-state index in [4.69, 9.17) is 0 Å². The van der Waals surface area contributed by atoms with Crippen LogP contribution in [0.4, 0.5) is 5.69 Å². The summed E-state index contributed by atoms with van der Waals surface area (Å²) in [4.78, 5) is 23.7. The Morgan fingerprint density at radius 3 is 2.94 bits per heavy atom. The molecule has 1 aliphatic rings. The van der Waals surface area contributed by atoms with Crippen LogP contribution >= 0.6 is 0 Å². The highest BCUT2D eigenvalue weighted by molar-refractivity contribution is 5.79. The number of hydrogen-bond donors (Lipinski definition) is 1. The van der Waals surface area contributed by atoms with Gasteiger partial charge in [0, 0.05) is 37.7 Å². The number of nitrogens with one attached hydrogen (secondary N) is 1. The van der Waals surface area contributed by atoms with Gasteiger partial charge in [0.1, 0.15) is 0 Å². The molecule has 96 valence electrons. The molecule has 2 rings (SSSR count). The number of amides is 1. The van der Waals surface area contributed by atoms with Crippen LogP contribution in [0.3, 0.4) is 0 Å². The van der Waals surface area contributed by atoms with E-state index < -0.39 is 0 Å². The number of likely N-dealkylation sites (N-methyl/N-ethyl adjacent to an activating group) is 1. The van der Waals surface area contributed by atoms with E-state index in [-0.39, 0.29) is 22.6 Å². The van der Waals surface area contributed by atoms with Gasteiger partial charge in [0.25, 0.3) is 5.69 Å². The minimum Gasteiger partial charge on any atom is -0.340 e. The van der Waals surface area contributed by atoms with E-state index in [1.807, 2.05) is 0 Å². The van der Waals surface area contributed by atoms with Crippen LogP contribution in [0.1, 0.15) is 5.56 Å². The standard InChI is InChI=1S/C12H15N3O3/c1-14-10(7-13-8-12(14)16)6-9-4-2-3-5-11(9)15(17)18/h2-5,10,13H,6-8H2,1H3. The van der Waals surface area contributed by atoms with Crippen molar-refractivity contribution in [2.45, 2.75) is 12.5 Å². The van der Waals surface area contributed by atoms with Crippen molar-refractivity contribution in [3.63, 3.8) is 0 Å². The van der Waals surface area contributed by atoms with Gasteiger partial charge in [-0.3, -0.25) is 14.9 Å². The lowest BCUT2D eigenvalue weighted by Gasteiger charge is -2.33. The lowest BCUT2D eigenvalue weighted by molar-refractivity contribution is -0.385. The first-order valence-electron chi connectivity index (χ1n) is 5.78. The zero-order valence-corrected chi connectivity index (χ0v) is 10.1. The summed E-state index contributed by atoms with van der Waals surface area (Å²) in [6.45, 7) is 0.998. The number of piperazine rings is 1. The molecule has 0 bridgehead atoms. The van der Waals surface area contributed by atoms with Gasteiger partial charge in [0.15, 0.2) is 0 Å². The average molecular weight is 249 g/mol. The van der Waals surface area contributed by atoms with Crippen LogP contribution in [0.2, 0.25) is 0 Å². The van der Waals surface area contributed by atoms with Gasteiger partial charge in [-0.05, 0) is 0 Å². The number of para-hydroxylation sites is 1. The minimum absolute atomic E-state index is 0.0184. The number of hydrogen-bond acceptors (Lipinski definition) is 4. The zero-order valence-electron chi connectivity index (χ0n) is 10.1. The Kier molecular flexibility index (Phi) is 3.57. The highest BCUT2D eigenvalue weighted by atomic mass is 16.6. The molecule has 1 aliphatic heterocycles. The van der Waals surface area contributed by atoms with Crippen LogP contribution in [0.15, 0.2) is 24.3 Å².